The Hall–Kier alpha value is -0.580. The molecule has 2 N–H and O–H groups in total. The molecule has 0 bridgehead atoms. The molecule has 0 aliphatic carbocycles. The van der Waals surface area contributed by atoms with Crippen molar-refractivity contribution in [1.82, 2.24) is 14.7 Å². The van der Waals surface area contributed by atoms with Gasteiger partial charge >= 0.3 is 0 Å². The highest BCUT2D eigenvalue weighted by molar-refractivity contribution is 5.85. The minimum atomic E-state index is 0. The van der Waals surface area contributed by atoms with Crippen molar-refractivity contribution in [2.45, 2.75) is 26.8 Å². The number of aryl methyl sites for hydroxylation is 1. The van der Waals surface area contributed by atoms with Gasteiger partial charge in [-0.15, -0.1) is 12.4 Å². The third-order valence-corrected chi connectivity index (χ3v) is 3.86. The number of nitrogens with zero attached hydrogens (tertiary/aromatic N) is 3. The molecular weight excluding hydrogens is 236 g/mol. The lowest BCUT2D eigenvalue weighted by Gasteiger charge is -2.22. The van der Waals surface area contributed by atoms with Crippen molar-refractivity contribution in [3.05, 3.63) is 17.5 Å². The maximum atomic E-state index is 5.81. The van der Waals surface area contributed by atoms with Crippen LogP contribution in [0.1, 0.15) is 24.6 Å². The Labute approximate surface area is 110 Å². The van der Waals surface area contributed by atoms with Crippen molar-refractivity contribution in [3.63, 3.8) is 0 Å². The van der Waals surface area contributed by atoms with Crippen molar-refractivity contribution >= 4 is 12.4 Å². The number of rotatable bonds is 3. The van der Waals surface area contributed by atoms with Crippen LogP contribution in [0.15, 0.2) is 6.20 Å². The molecule has 2 heterocycles. The van der Waals surface area contributed by atoms with Crippen LogP contribution in [0.4, 0.5) is 0 Å². The lowest BCUT2D eigenvalue weighted by atomic mass is 9.90. The van der Waals surface area contributed by atoms with Gasteiger partial charge in [-0.3, -0.25) is 9.58 Å². The lowest BCUT2D eigenvalue weighted by Crippen LogP contribution is -2.31. The number of halogens is 1. The van der Waals surface area contributed by atoms with Gasteiger partial charge in [-0.1, -0.05) is 6.92 Å². The van der Waals surface area contributed by atoms with Gasteiger partial charge in [-0.25, -0.2) is 0 Å². The minimum Gasteiger partial charge on any atom is -0.330 e. The third-order valence-electron chi connectivity index (χ3n) is 3.86. The van der Waals surface area contributed by atoms with E-state index < -0.39 is 0 Å². The van der Waals surface area contributed by atoms with Gasteiger partial charge < -0.3 is 5.73 Å². The summed E-state index contributed by atoms with van der Waals surface area (Å²) in [5.41, 5.74) is 8.73. The largest absolute Gasteiger partial charge is 0.330 e. The monoisotopic (exact) mass is 258 g/mol. The molecule has 1 aliphatic heterocycles. The predicted octanol–water partition coefficient (Wildman–Crippen LogP) is 1.32. The number of aromatic nitrogens is 2. The summed E-state index contributed by atoms with van der Waals surface area (Å²) in [6.07, 6.45) is 3.19. The van der Waals surface area contributed by atoms with Crippen molar-refractivity contribution in [1.29, 1.82) is 0 Å². The summed E-state index contributed by atoms with van der Waals surface area (Å²) in [5.74, 6) is 0. The van der Waals surface area contributed by atoms with Crippen molar-refractivity contribution in [3.8, 4) is 0 Å². The van der Waals surface area contributed by atoms with Crippen LogP contribution in [0.5, 0.6) is 0 Å². The quantitative estimate of drug-likeness (QED) is 0.890. The number of likely N-dealkylation sites (tertiary alicyclic amines) is 1. The van der Waals surface area contributed by atoms with Gasteiger partial charge in [0.15, 0.2) is 0 Å². The Morgan fingerprint density at radius 3 is 2.71 bits per heavy atom. The van der Waals surface area contributed by atoms with Crippen molar-refractivity contribution in [2.75, 3.05) is 19.6 Å². The first-order valence-corrected chi connectivity index (χ1v) is 5.94. The van der Waals surface area contributed by atoms with E-state index in [1.165, 1.54) is 17.7 Å². The van der Waals surface area contributed by atoms with Crippen LogP contribution in [0.3, 0.4) is 0 Å². The van der Waals surface area contributed by atoms with Crippen molar-refractivity contribution in [2.24, 2.45) is 18.2 Å². The standard InChI is InChI=1S/C12H22N4.ClH/c1-10-11(6-14-15(10)3)7-16-5-4-12(2,8-13)9-16;/h6H,4-5,7-9,13H2,1-3H3;1H. The SMILES string of the molecule is Cc1c(CN2CCC(C)(CN)C2)cnn1C.Cl. The van der Waals surface area contributed by atoms with Gasteiger partial charge in [-0.2, -0.15) is 5.10 Å². The summed E-state index contributed by atoms with van der Waals surface area (Å²) < 4.78 is 1.94. The van der Waals surface area contributed by atoms with Crippen LogP contribution in [0.25, 0.3) is 0 Å². The molecule has 1 saturated heterocycles. The van der Waals surface area contributed by atoms with Gasteiger partial charge in [0.05, 0.1) is 6.20 Å². The number of nitrogens with two attached hydrogens (primary N) is 1. The molecule has 17 heavy (non-hydrogen) atoms. The van der Waals surface area contributed by atoms with Crippen LogP contribution in [0.2, 0.25) is 0 Å². The van der Waals surface area contributed by atoms with E-state index in [0.29, 0.717) is 5.41 Å². The molecule has 1 aliphatic rings. The Bertz CT molecular complexity index is 377. The van der Waals surface area contributed by atoms with Crippen LogP contribution >= 0.6 is 12.4 Å². The molecule has 0 spiro atoms. The molecule has 0 amide bonds. The molecule has 1 fully saturated rings. The summed E-state index contributed by atoms with van der Waals surface area (Å²) in [4.78, 5) is 2.48. The van der Waals surface area contributed by atoms with Crippen LogP contribution in [-0.2, 0) is 13.6 Å². The zero-order chi connectivity index (χ0) is 11.8. The van der Waals surface area contributed by atoms with Crippen LogP contribution in [0, 0.1) is 12.3 Å². The summed E-state index contributed by atoms with van der Waals surface area (Å²) >= 11 is 0. The third kappa shape index (κ3) is 3.00. The fourth-order valence-electron chi connectivity index (χ4n) is 2.37. The second-order valence-electron chi connectivity index (χ2n) is 5.35. The molecule has 98 valence electrons. The fourth-order valence-corrected chi connectivity index (χ4v) is 2.37. The molecule has 0 aromatic carbocycles. The molecule has 1 atom stereocenters. The fraction of sp³-hybridized carbons (Fsp3) is 0.750. The van der Waals surface area contributed by atoms with E-state index in [1.54, 1.807) is 0 Å². The Morgan fingerprint density at radius 2 is 2.24 bits per heavy atom. The summed E-state index contributed by atoms with van der Waals surface area (Å²) in [7, 11) is 1.99. The molecule has 1 aromatic rings. The van der Waals surface area contributed by atoms with Gasteiger partial charge in [0.2, 0.25) is 0 Å². The Morgan fingerprint density at radius 1 is 1.53 bits per heavy atom. The highest BCUT2D eigenvalue weighted by Gasteiger charge is 2.32. The van der Waals surface area contributed by atoms with E-state index in [9.17, 15) is 0 Å². The Kier molecular flexibility index (Phi) is 4.58. The van der Waals surface area contributed by atoms with E-state index in [4.69, 9.17) is 5.73 Å². The molecule has 1 unspecified atom stereocenters. The van der Waals surface area contributed by atoms with E-state index in [1.807, 2.05) is 17.9 Å². The molecule has 5 heteroatoms. The summed E-state index contributed by atoms with van der Waals surface area (Å²) in [6.45, 7) is 8.47. The average Bonchev–Trinajstić information content (AvgIpc) is 2.78. The van der Waals surface area contributed by atoms with Crippen LogP contribution < -0.4 is 5.73 Å². The van der Waals surface area contributed by atoms with E-state index >= 15 is 0 Å². The first kappa shape index (κ1) is 14.5. The van der Waals surface area contributed by atoms with Crippen molar-refractivity contribution < 1.29 is 0 Å². The van der Waals surface area contributed by atoms with E-state index in [0.717, 1.165) is 26.2 Å². The normalized spacial score (nSPS) is 24.9. The first-order valence-electron chi connectivity index (χ1n) is 5.94. The zero-order valence-corrected chi connectivity index (χ0v) is 11.8. The summed E-state index contributed by atoms with van der Waals surface area (Å²) in [5, 5.41) is 4.28. The predicted molar refractivity (Wildman–Crippen MR) is 72.2 cm³/mol. The maximum Gasteiger partial charge on any atom is 0.0537 e. The van der Waals surface area contributed by atoms with E-state index in [-0.39, 0.29) is 12.4 Å². The molecule has 0 saturated carbocycles. The second kappa shape index (κ2) is 5.38. The highest BCUT2D eigenvalue weighted by atomic mass is 35.5. The summed E-state index contributed by atoms with van der Waals surface area (Å²) in [6, 6.07) is 0. The molecule has 4 nitrogen and oxygen atoms in total. The highest BCUT2D eigenvalue weighted by Crippen LogP contribution is 2.29. The van der Waals surface area contributed by atoms with Gasteiger partial charge in [0.1, 0.15) is 0 Å². The molecule has 1 aromatic heterocycles. The average molecular weight is 259 g/mol. The van der Waals surface area contributed by atoms with Crippen LogP contribution in [-0.4, -0.2) is 34.3 Å². The molecule has 0 radical (unpaired) electrons. The minimum absolute atomic E-state index is 0. The van der Waals surface area contributed by atoms with Gasteiger partial charge in [0, 0.05) is 31.4 Å². The number of hydrogen-bond acceptors (Lipinski definition) is 3. The lowest BCUT2D eigenvalue weighted by molar-refractivity contribution is 0.274. The zero-order valence-electron chi connectivity index (χ0n) is 10.9. The molecule has 2 rings (SSSR count). The Balaban J connectivity index is 0.00000144. The van der Waals surface area contributed by atoms with E-state index in [2.05, 4.69) is 23.8 Å². The smallest absolute Gasteiger partial charge is 0.0537 e. The van der Waals surface area contributed by atoms with Gasteiger partial charge in [0.25, 0.3) is 0 Å². The molecular formula is C12H23ClN4. The first-order chi connectivity index (χ1) is 7.54. The number of hydrogen-bond donors (Lipinski definition) is 1. The second-order valence-corrected chi connectivity index (χ2v) is 5.35. The maximum absolute atomic E-state index is 5.81. The topological polar surface area (TPSA) is 47.1 Å². The van der Waals surface area contributed by atoms with Gasteiger partial charge in [-0.05, 0) is 31.8 Å².